The Morgan fingerprint density at radius 2 is 0.724 bits per heavy atom. The standard InChI is InChI=1S/C29H41N2.C24H22P2.Rh/c1-18(2)24-13-11-14-25(19(3)4)28(24)30-22(9)17-23(10)31-29-26(20(5)6)15-12-16-27(29)21(7)8;1-5-13-21(14-6-1)25(22-15-7-2-8-16-22)26(23-17-9-3-10-18-23)24-19-11-4-12-20-24;/h11-21H,1-10H3;1-20,25-26H;/q-1;+2;/b22-17-,31-23?;;. The SMILES string of the molecule is CC(/C=C(/C)[N-]c1c(C(C)C)cccc1C(C)C)=Nc1c(C(C)C)cccc1C(C)C.[Rh].c1ccc([PH+](c2ccccc2)[PH+](c2ccccc2)c2ccccc2)cc1. The van der Waals surface area contributed by atoms with Gasteiger partial charge in [-0.2, -0.15) is 5.70 Å². The van der Waals surface area contributed by atoms with Crippen molar-refractivity contribution in [1.82, 2.24) is 0 Å². The summed E-state index contributed by atoms with van der Waals surface area (Å²) in [6.07, 6.45) is 2.11. The second kappa shape index (κ2) is 23.0. The molecule has 5 heteroatoms. The van der Waals surface area contributed by atoms with E-state index in [-0.39, 0.29) is 19.5 Å². The number of hydrogen-bond donors (Lipinski definition) is 0. The van der Waals surface area contributed by atoms with E-state index in [1.54, 1.807) is 0 Å². The van der Waals surface area contributed by atoms with E-state index in [0.717, 1.165) is 22.8 Å². The molecule has 0 saturated carbocycles. The summed E-state index contributed by atoms with van der Waals surface area (Å²) in [5, 5.41) is 11.0. The fourth-order valence-corrected chi connectivity index (χ4v) is 16.7. The van der Waals surface area contributed by atoms with Crippen LogP contribution in [0.3, 0.4) is 0 Å². The van der Waals surface area contributed by atoms with Crippen molar-refractivity contribution in [3.63, 3.8) is 0 Å². The summed E-state index contributed by atoms with van der Waals surface area (Å²) in [7, 11) is -1.88. The summed E-state index contributed by atoms with van der Waals surface area (Å²) < 4.78 is 0. The molecule has 2 nitrogen and oxygen atoms in total. The quantitative estimate of drug-likeness (QED) is 0.0627. The van der Waals surface area contributed by atoms with Crippen LogP contribution >= 0.6 is 15.2 Å². The van der Waals surface area contributed by atoms with Gasteiger partial charge >= 0.3 is 0 Å². The minimum Gasteiger partial charge on any atom is -0.661 e. The van der Waals surface area contributed by atoms with Crippen LogP contribution in [0.1, 0.15) is 115 Å². The molecule has 0 amide bonds. The van der Waals surface area contributed by atoms with E-state index >= 15 is 0 Å². The molecule has 0 atom stereocenters. The molecule has 0 aliphatic carbocycles. The van der Waals surface area contributed by atoms with Crippen LogP contribution < -0.4 is 21.2 Å². The van der Waals surface area contributed by atoms with Crippen LogP contribution in [0.5, 0.6) is 0 Å². The van der Waals surface area contributed by atoms with E-state index in [1.807, 2.05) is 0 Å². The van der Waals surface area contributed by atoms with Crippen LogP contribution in [-0.4, -0.2) is 5.71 Å². The Labute approximate surface area is 365 Å². The van der Waals surface area contributed by atoms with Crippen molar-refractivity contribution in [1.29, 1.82) is 0 Å². The fraction of sp³-hybridized carbons (Fsp3) is 0.264. The number of benzene rings is 6. The van der Waals surface area contributed by atoms with E-state index in [0.29, 0.717) is 23.7 Å². The van der Waals surface area contributed by atoms with Crippen LogP contribution in [0.4, 0.5) is 11.4 Å². The maximum absolute atomic E-state index is 5.08. The largest absolute Gasteiger partial charge is 0.661 e. The Morgan fingerprint density at radius 3 is 1.02 bits per heavy atom. The van der Waals surface area contributed by atoms with Gasteiger partial charge in [0.05, 0.1) is 5.69 Å². The van der Waals surface area contributed by atoms with Crippen LogP contribution in [0, 0.1) is 0 Å². The van der Waals surface area contributed by atoms with Crippen LogP contribution in [0.15, 0.2) is 174 Å². The van der Waals surface area contributed by atoms with Crippen LogP contribution in [0.25, 0.3) is 5.32 Å². The first-order chi connectivity index (χ1) is 27.5. The summed E-state index contributed by atoms with van der Waals surface area (Å²) in [5.74, 6) is 1.75. The summed E-state index contributed by atoms with van der Waals surface area (Å²) >= 11 is 0. The Bertz CT molecular complexity index is 1980. The van der Waals surface area contributed by atoms with E-state index in [2.05, 4.69) is 233 Å². The van der Waals surface area contributed by atoms with Gasteiger partial charge in [0, 0.05) is 25.2 Å². The summed E-state index contributed by atoms with van der Waals surface area (Å²) in [6, 6.07) is 57.6. The molecule has 0 saturated heterocycles. The predicted molar refractivity (Wildman–Crippen MR) is 260 cm³/mol. The average molecular weight is 893 g/mol. The van der Waals surface area contributed by atoms with Crippen LogP contribution in [-0.2, 0) is 19.5 Å². The first-order valence-corrected chi connectivity index (χ1v) is 24.6. The molecule has 0 bridgehead atoms. The molecule has 58 heavy (non-hydrogen) atoms. The zero-order valence-corrected chi connectivity index (χ0v) is 39.8. The van der Waals surface area contributed by atoms with Gasteiger partial charge in [0.25, 0.3) is 0 Å². The number of hydrogen-bond acceptors (Lipinski definition) is 1. The van der Waals surface area contributed by atoms with Gasteiger partial charge in [-0.05, 0) is 90.3 Å². The van der Waals surface area contributed by atoms with Gasteiger partial charge in [-0.25, -0.2) is 0 Å². The number of rotatable bonds is 13. The van der Waals surface area contributed by atoms with Gasteiger partial charge in [0.2, 0.25) is 0 Å². The third-order valence-electron chi connectivity index (χ3n) is 10.2. The summed E-state index contributed by atoms with van der Waals surface area (Å²) in [6.45, 7) is 22.1. The predicted octanol–water partition coefficient (Wildman–Crippen LogP) is 14.5. The molecule has 0 heterocycles. The molecule has 0 unspecified atom stereocenters. The van der Waals surface area contributed by atoms with E-state index in [4.69, 9.17) is 10.3 Å². The molecule has 0 aromatic heterocycles. The molecular weight excluding hydrogens is 829 g/mol. The smallest absolute Gasteiger partial charge is 0.194 e. The molecular formula is C53H63N2P2Rh+. The first-order valence-electron chi connectivity index (χ1n) is 20.6. The maximum atomic E-state index is 5.08. The molecule has 6 rings (SSSR count). The summed E-state index contributed by atoms with van der Waals surface area (Å²) in [4.78, 5) is 5.08. The van der Waals surface area contributed by atoms with Crippen molar-refractivity contribution in [2.45, 2.75) is 92.9 Å². The van der Waals surface area contributed by atoms with Crippen molar-refractivity contribution >= 4 is 53.5 Å². The Morgan fingerprint density at radius 1 is 0.431 bits per heavy atom. The zero-order valence-electron chi connectivity index (χ0n) is 36.1. The number of nitrogens with zero attached hydrogens (tertiary/aromatic N) is 2. The second-order valence-electron chi connectivity index (χ2n) is 16.1. The Kier molecular flexibility index (Phi) is 18.5. The van der Waals surface area contributed by atoms with Gasteiger partial charge < -0.3 is 5.32 Å². The molecule has 0 N–H and O–H groups in total. The van der Waals surface area contributed by atoms with Crippen molar-refractivity contribution in [3.05, 3.63) is 197 Å². The Hall–Kier alpha value is -3.99. The zero-order chi connectivity index (χ0) is 40.9. The van der Waals surface area contributed by atoms with Crippen molar-refractivity contribution in [2.75, 3.05) is 0 Å². The molecule has 0 fully saturated rings. The number of aliphatic imine (C=N–C) groups is 1. The fourth-order valence-electron chi connectivity index (χ4n) is 7.33. The second-order valence-corrected chi connectivity index (χ2v) is 22.9. The first kappa shape index (κ1) is 46.7. The summed E-state index contributed by atoms with van der Waals surface area (Å²) in [5.41, 5.74) is 9.45. The molecule has 0 aliphatic heterocycles. The third-order valence-corrected chi connectivity index (χ3v) is 19.3. The van der Waals surface area contributed by atoms with Gasteiger partial charge in [0.15, 0.2) is 15.2 Å². The molecule has 6 aromatic carbocycles. The molecule has 0 aliphatic rings. The molecule has 0 spiro atoms. The average Bonchev–Trinajstić information content (AvgIpc) is 3.21. The van der Waals surface area contributed by atoms with Crippen molar-refractivity contribution in [2.24, 2.45) is 4.99 Å². The third kappa shape index (κ3) is 12.5. The molecule has 6 aromatic rings. The van der Waals surface area contributed by atoms with Crippen LogP contribution in [0.2, 0.25) is 0 Å². The normalized spacial score (nSPS) is 11.9. The van der Waals surface area contributed by atoms with E-state index in [9.17, 15) is 0 Å². The monoisotopic (exact) mass is 892 g/mol. The maximum Gasteiger partial charge on any atom is 0.194 e. The Balaban J connectivity index is 0.000000255. The minimum atomic E-state index is -0.941. The van der Waals surface area contributed by atoms with E-state index < -0.39 is 15.2 Å². The molecule has 303 valence electrons. The minimum absolute atomic E-state index is 0. The van der Waals surface area contributed by atoms with Gasteiger partial charge in [-0.15, -0.1) is 5.69 Å². The number of allylic oxidation sites excluding steroid dienone is 2. The number of para-hydroxylation sites is 2. The van der Waals surface area contributed by atoms with E-state index in [1.165, 1.54) is 43.5 Å². The van der Waals surface area contributed by atoms with Crippen molar-refractivity contribution < 1.29 is 19.5 Å². The van der Waals surface area contributed by atoms with Crippen molar-refractivity contribution in [3.8, 4) is 0 Å². The van der Waals surface area contributed by atoms with Gasteiger partial charge in [0.1, 0.15) is 21.2 Å². The molecule has 1 radical (unpaired) electrons. The van der Waals surface area contributed by atoms with Gasteiger partial charge in [-0.1, -0.05) is 189 Å². The topological polar surface area (TPSA) is 26.5 Å². The van der Waals surface area contributed by atoms with Gasteiger partial charge in [-0.3, -0.25) is 4.99 Å².